The van der Waals surface area contributed by atoms with Gasteiger partial charge < -0.3 is 10.0 Å². The van der Waals surface area contributed by atoms with Gasteiger partial charge in [0.25, 0.3) is 5.91 Å². The molecule has 1 aliphatic rings. The van der Waals surface area contributed by atoms with Gasteiger partial charge in [-0.2, -0.15) is 5.10 Å². The number of aromatic nitrogens is 2. The third-order valence-electron chi connectivity index (χ3n) is 5.76. The van der Waals surface area contributed by atoms with Crippen LogP contribution in [0.5, 0.6) is 0 Å². The molecule has 2 heterocycles. The van der Waals surface area contributed by atoms with Gasteiger partial charge in [0.2, 0.25) is 0 Å². The Labute approximate surface area is 210 Å². The average molecular weight is 512 g/mol. The van der Waals surface area contributed by atoms with Gasteiger partial charge in [0.1, 0.15) is 5.03 Å². The fourth-order valence-corrected chi connectivity index (χ4v) is 5.57. The Morgan fingerprint density at radius 1 is 0.912 bits per heavy atom. The fraction of sp³-hybridized carbons (Fsp3) is 0.160. The monoisotopic (exact) mass is 511 g/mol. The summed E-state index contributed by atoms with van der Waals surface area (Å²) >= 11 is 14.2. The van der Waals surface area contributed by atoms with Crippen LogP contribution in [0, 0.1) is 0 Å². The van der Waals surface area contributed by atoms with Crippen molar-refractivity contribution in [3.05, 3.63) is 81.8 Å². The van der Waals surface area contributed by atoms with E-state index in [2.05, 4.69) is 0 Å². The molecule has 0 radical (unpaired) electrons. The Morgan fingerprint density at radius 2 is 1.56 bits per heavy atom. The number of carbonyl (C=O) groups is 2. The SMILES string of the molecule is O=C(O)c1ccc(-n2nc(Sc3c(Cl)cccc3Cl)c3cc(C(=O)N4CCCC4)ccc32)cc1. The largest absolute Gasteiger partial charge is 0.478 e. The summed E-state index contributed by atoms with van der Waals surface area (Å²) < 4.78 is 1.73. The molecule has 0 aliphatic carbocycles. The first-order valence-electron chi connectivity index (χ1n) is 10.7. The van der Waals surface area contributed by atoms with Crippen LogP contribution in [0.3, 0.4) is 0 Å². The number of likely N-dealkylation sites (tertiary alicyclic amines) is 1. The van der Waals surface area contributed by atoms with Crippen LogP contribution in [-0.4, -0.2) is 44.8 Å². The molecule has 0 spiro atoms. The zero-order valence-corrected chi connectivity index (χ0v) is 20.2. The van der Waals surface area contributed by atoms with E-state index < -0.39 is 5.97 Å². The second-order valence-corrected chi connectivity index (χ2v) is 9.77. The molecule has 1 N–H and O–H groups in total. The van der Waals surface area contributed by atoms with Gasteiger partial charge in [-0.05, 0) is 67.4 Å². The lowest BCUT2D eigenvalue weighted by atomic mass is 10.1. The molecule has 172 valence electrons. The van der Waals surface area contributed by atoms with Gasteiger partial charge in [-0.25, -0.2) is 9.48 Å². The maximum atomic E-state index is 13.0. The predicted molar refractivity (Wildman–Crippen MR) is 134 cm³/mol. The quantitative estimate of drug-likeness (QED) is 0.334. The second-order valence-electron chi connectivity index (χ2n) is 7.95. The van der Waals surface area contributed by atoms with Crippen LogP contribution in [0.25, 0.3) is 16.6 Å². The van der Waals surface area contributed by atoms with Crippen LogP contribution in [-0.2, 0) is 0 Å². The number of carboxylic acids is 1. The first-order valence-corrected chi connectivity index (χ1v) is 12.3. The highest BCUT2D eigenvalue weighted by Crippen LogP contribution is 2.41. The summed E-state index contributed by atoms with van der Waals surface area (Å²) in [7, 11) is 0. The van der Waals surface area contributed by atoms with Gasteiger partial charge in [0.15, 0.2) is 0 Å². The van der Waals surface area contributed by atoms with Crippen molar-refractivity contribution < 1.29 is 14.7 Å². The molecule has 1 aliphatic heterocycles. The summed E-state index contributed by atoms with van der Waals surface area (Å²) in [5.41, 5.74) is 2.27. The minimum atomic E-state index is -0.994. The van der Waals surface area contributed by atoms with Crippen molar-refractivity contribution in [2.75, 3.05) is 13.1 Å². The lowest BCUT2D eigenvalue weighted by Crippen LogP contribution is -2.27. The van der Waals surface area contributed by atoms with Gasteiger partial charge in [0, 0.05) is 24.0 Å². The molecule has 1 aromatic heterocycles. The first-order chi connectivity index (χ1) is 16.4. The predicted octanol–water partition coefficient (Wildman–Crippen LogP) is 6.42. The molecule has 0 saturated carbocycles. The number of halogens is 2. The minimum Gasteiger partial charge on any atom is -0.478 e. The molecular weight excluding hydrogens is 493 g/mol. The van der Waals surface area contributed by atoms with Gasteiger partial charge in [-0.15, -0.1) is 0 Å². The maximum absolute atomic E-state index is 13.0. The number of rotatable bonds is 5. The molecule has 34 heavy (non-hydrogen) atoms. The number of hydrogen-bond donors (Lipinski definition) is 1. The molecule has 6 nitrogen and oxygen atoms in total. The number of nitrogens with zero attached hydrogens (tertiary/aromatic N) is 3. The molecular formula is C25H19Cl2N3O3S. The smallest absolute Gasteiger partial charge is 0.335 e. The van der Waals surface area contributed by atoms with Gasteiger partial charge in [-0.1, -0.05) is 41.0 Å². The van der Waals surface area contributed by atoms with Crippen molar-refractivity contribution in [2.24, 2.45) is 0 Å². The number of carboxylic acid groups (broad SMARTS) is 1. The van der Waals surface area contributed by atoms with Crippen LogP contribution in [0.2, 0.25) is 10.0 Å². The van der Waals surface area contributed by atoms with E-state index in [1.165, 1.54) is 23.9 Å². The Balaban J connectivity index is 1.64. The second kappa shape index (κ2) is 9.33. The lowest BCUT2D eigenvalue weighted by Gasteiger charge is -2.15. The van der Waals surface area contributed by atoms with Crippen molar-refractivity contribution in [3.8, 4) is 5.69 Å². The van der Waals surface area contributed by atoms with Crippen molar-refractivity contribution in [1.29, 1.82) is 0 Å². The van der Waals surface area contributed by atoms with Crippen molar-refractivity contribution in [1.82, 2.24) is 14.7 Å². The average Bonchev–Trinajstić information content (AvgIpc) is 3.49. The zero-order valence-electron chi connectivity index (χ0n) is 17.9. The van der Waals surface area contributed by atoms with E-state index in [-0.39, 0.29) is 11.5 Å². The Morgan fingerprint density at radius 3 is 2.21 bits per heavy atom. The zero-order chi connectivity index (χ0) is 23.8. The summed E-state index contributed by atoms with van der Waals surface area (Å²) in [5, 5.41) is 16.5. The van der Waals surface area contributed by atoms with Gasteiger partial charge in [0.05, 0.1) is 31.7 Å². The highest BCUT2D eigenvalue weighted by atomic mass is 35.5. The van der Waals surface area contributed by atoms with Crippen LogP contribution < -0.4 is 0 Å². The van der Waals surface area contributed by atoms with Crippen molar-refractivity contribution in [3.63, 3.8) is 0 Å². The number of aromatic carboxylic acids is 1. The molecule has 3 aromatic carbocycles. The molecule has 4 aromatic rings. The molecule has 1 saturated heterocycles. The van der Waals surface area contributed by atoms with Crippen molar-refractivity contribution in [2.45, 2.75) is 22.8 Å². The molecule has 1 fully saturated rings. The van der Waals surface area contributed by atoms with E-state index in [9.17, 15) is 14.7 Å². The number of amides is 1. The van der Waals surface area contributed by atoms with E-state index in [1.807, 2.05) is 23.1 Å². The fourth-order valence-electron chi connectivity index (χ4n) is 4.02. The molecule has 5 rings (SSSR count). The number of benzene rings is 3. The molecule has 1 amide bonds. The van der Waals surface area contributed by atoms with E-state index >= 15 is 0 Å². The van der Waals surface area contributed by atoms with Crippen LogP contribution in [0.4, 0.5) is 0 Å². The highest BCUT2D eigenvalue weighted by molar-refractivity contribution is 7.99. The molecule has 0 atom stereocenters. The number of carbonyl (C=O) groups excluding carboxylic acids is 1. The summed E-state index contributed by atoms with van der Waals surface area (Å²) in [5.74, 6) is -0.990. The highest BCUT2D eigenvalue weighted by Gasteiger charge is 2.22. The van der Waals surface area contributed by atoms with Crippen molar-refractivity contribution >= 4 is 57.7 Å². The lowest BCUT2D eigenvalue weighted by molar-refractivity contribution is 0.0696. The van der Waals surface area contributed by atoms with Crippen LogP contribution in [0.1, 0.15) is 33.6 Å². The third kappa shape index (κ3) is 4.27. The first kappa shape index (κ1) is 22.8. The summed E-state index contributed by atoms with van der Waals surface area (Å²) in [6.07, 6.45) is 2.04. The number of hydrogen-bond acceptors (Lipinski definition) is 4. The summed E-state index contributed by atoms with van der Waals surface area (Å²) in [4.78, 5) is 26.8. The Kier molecular flexibility index (Phi) is 6.25. The molecule has 0 bridgehead atoms. The normalized spacial score (nSPS) is 13.5. The topological polar surface area (TPSA) is 75.4 Å². The Hall–Kier alpha value is -3.00. The van der Waals surface area contributed by atoms with E-state index in [0.29, 0.717) is 31.2 Å². The van der Waals surface area contributed by atoms with E-state index in [1.54, 1.807) is 35.0 Å². The third-order valence-corrected chi connectivity index (χ3v) is 7.76. The van der Waals surface area contributed by atoms with Gasteiger partial charge >= 0.3 is 5.97 Å². The molecule has 9 heteroatoms. The van der Waals surface area contributed by atoms with E-state index in [0.717, 1.165) is 36.8 Å². The van der Waals surface area contributed by atoms with Crippen LogP contribution >= 0.6 is 35.0 Å². The maximum Gasteiger partial charge on any atom is 0.335 e. The minimum absolute atomic E-state index is 0.00434. The molecule has 0 unspecified atom stereocenters. The van der Waals surface area contributed by atoms with E-state index in [4.69, 9.17) is 28.3 Å². The Bertz CT molecular complexity index is 1390. The summed E-state index contributed by atoms with van der Waals surface area (Å²) in [6.45, 7) is 1.53. The number of fused-ring (bicyclic) bond motifs is 1. The summed E-state index contributed by atoms with van der Waals surface area (Å²) in [6, 6.07) is 17.3. The van der Waals surface area contributed by atoms with Crippen LogP contribution in [0.15, 0.2) is 70.6 Å². The van der Waals surface area contributed by atoms with Gasteiger partial charge in [-0.3, -0.25) is 4.79 Å². The standard InChI is InChI=1S/C25H19Cl2N3O3S/c26-19-4-3-5-20(27)22(19)34-23-18-14-16(24(31)29-12-1-2-13-29)8-11-21(18)30(28-23)17-9-6-15(7-10-17)25(32)33/h3-11,14H,1-2,12-13H2,(H,32,33).